The summed E-state index contributed by atoms with van der Waals surface area (Å²) in [4.78, 5) is 35.6. The number of hydrogen-bond acceptors (Lipinski definition) is 7. The zero-order chi connectivity index (χ0) is 26.4. The van der Waals surface area contributed by atoms with Crippen molar-refractivity contribution >= 4 is 23.3 Å². The molecule has 0 aliphatic carbocycles. The molecule has 4 rings (SSSR count). The fourth-order valence-electron chi connectivity index (χ4n) is 3.72. The summed E-state index contributed by atoms with van der Waals surface area (Å²) in [7, 11) is 0. The van der Waals surface area contributed by atoms with E-state index in [0.717, 1.165) is 29.3 Å². The molecule has 0 saturated carbocycles. The van der Waals surface area contributed by atoms with Crippen LogP contribution in [-0.4, -0.2) is 65.9 Å². The molecule has 12 heteroatoms. The van der Waals surface area contributed by atoms with Crippen molar-refractivity contribution in [2.45, 2.75) is 13.3 Å². The van der Waals surface area contributed by atoms with E-state index in [0.29, 0.717) is 32.0 Å². The average molecular weight is 515 g/mol. The first-order valence-corrected chi connectivity index (χ1v) is 11.4. The quantitative estimate of drug-likeness (QED) is 0.492. The maximum atomic E-state index is 12.9. The van der Waals surface area contributed by atoms with Crippen LogP contribution in [0.15, 0.2) is 54.9 Å². The van der Waals surface area contributed by atoms with Gasteiger partial charge in [0.1, 0.15) is 0 Å². The molecule has 2 heterocycles. The highest BCUT2D eigenvalue weighted by molar-refractivity contribution is 6.05. The Balaban J connectivity index is 1.49. The summed E-state index contributed by atoms with van der Waals surface area (Å²) in [6, 6.07) is 10.9. The Labute approximate surface area is 210 Å². The second kappa shape index (κ2) is 11.4. The number of ether oxygens (including phenoxy) is 2. The molecule has 9 nitrogen and oxygen atoms in total. The Morgan fingerprint density at radius 3 is 2.49 bits per heavy atom. The smallest absolute Gasteiger partial charge is 0.404 e. The first-order valence-electron chi connectivity index (χ1n) is 11.4. The minimum atomic E-state index is -4.98. The molecule has 0 atom stereocenters. The molecule has 37 heavy (non-hydrogen) atoms. The van der Waals surface area contributed by atoms with Crippen LogP contribution in [0.25, 0.3) is 11.3 Å². The van der Waals surface area contributed by atoms with Crippen molar-refractivity contribution in [3.63, 3.8) is 0 Å². The first kappa shape index (κ1) is 26.0. The second-order valence-corrected chi connectivity index (χ2v) is 8.25. The Morgan fingerprint density at radius 2 is 1.81 bits per heavy atom. The van der Waals surface area contributed by atoms with Crippen molar-refractivity contribution in [1.82, 2.24) is 14.9 Å². The molecule has 2 amide bonds. The van der Waals surface area contributed by atoms with Crippen molar-refractivity contribution in [2.75, 3.05) is 43.5 Å². The van der Waals surface area contributed by atoms with Crippen LogP contribution in [0.1, 0.15) is 15.9 Å². The van der Waals surface area contributed by atoms with Gasteiger partial charge in [-0.15, -0.1) is 13.2 Å². The highest BCUT2D eigenvalue weighted by Crippen LogP contribution is 2.31. The number of halogens is 3. The van der Waals surface area contributed by atoms with Gasteiger partial charge in [-0.1, -0.05) is 24.3 Å². The van der Waals surface area contributed by atoms with E-state index >= 15 is 0 Å². The molecule has 1 fully saturated rings. The Hall–Kier alpha value is -4.03. The molecule has 2 aromatic carbocycles. The summed E-state index contributed by atoms with van der Waals surface area (Å²) in [5.74, 6) is -1.69. The third-order valence-electron chi connectivity index (χ3n) is 5.53. The van der Waals surface area contributed by atoms with Crippen LogP contribution in [0.4, 0.5) is 24.7 Å². The number of aromatic nitrogens is 2. The van der Waals surface area contributed by atoms with Crippen LogP contribution < -0.4 is 15.4 Å². The number of carbonyl (C=O) groups is 2. The molecule has 1 saturated heterocycles. The van der Waals surface area contributed by atoms with Crippen molar-refractivity contribution in [1.29, 1.82) is 0 Å². The predicted octanol–water partition coefficient (Wildman–Crippen LogP) is 3.87. The number of hydrogen-bond donors (Lipinski definition) is 2. The predicted molar refractivity (Wildman–Crippen MR) is 129 cm³/mol. The van der Waals surface area contributed by atoms with Gasteiger partial charge in [0.15, 0.2) is 11.6 Å². The molecule has 1 aromatic heterocycles. The number of nitrogens with zero attached hydrogens (tertiary/aromatic N) is 3. The molecular formula is C25H24F3N5O4. The van der Waals surface area contributed by atoms with Gasteiger partial charge in [-0.2, -0.15) is 0 Å². The van der Waals surface area contributed by atoms with Crippen LogP contribution in [0.2, 0.25) is 0 Å². The number of nitrogens with one attached hydrogen (secondary N) is 2. The second-order valence-electron chi connectivity index (χ2n) is 8.25. The van der Waals surface area contributed by atoms with E-state index in [-0.39, 0.29) is 23.6 Å². The molecule has 1 aliphatic rings. The largest absolute Gasteiger partial charge is 0.573 e. The molecule has 194 valence electrons. The number of benzene rings is 2. The third-order valence-corrected chi connectivity index (χ3v) is 5.53. The lowest BCUT2D eigenvalue weighted by atomic mass is 10.1. The maximum Gasteiger partial charge on any atom is 0.573 e. The fraction of sp³-hybridized carbons (Fsp3) is 0.280. The molecule has 2 N–H and O–H groups in total. The van der Waals surface area contributed by atoms with E-state index in [2.05, 4.69) is 25.3 Å². The van der Waals surface area contributed by atoms with Gasteiger partial charge >= 0.3 is 6.36 Å². The number of amides is 2. The molecule has 3 aromatic rings. The van der Waals surface area contributed by atoms with E-state index in [4.69, 9.17) is 4.74 Å². The molecule has 0 radical (unpaired) electrons. The summed E-state index contributed by atoms with van der Waals surface area (Å²) in [5, 5.41) is 4.97. The summed E-state index contributed by atoms with van der Waals surface area (Å²) in [6.45, 7) is 3.85. The SMILES string of the molecule is Cc1ccccc1-c1cnc(NC(=O)c2ccc(OC(F)(F)F)c(NC(=O)CN3CCOCC3)c2)cn1. The van der Waals surface area contributed by atoms with Gasteiger partial charge in [0, 0.05) is 24.2 Å². The molecule has 0 bridgehead atoms. The lowest BCUT2D eigenvalue weighted by Crippen LogP contribution is -2.41. The van der Waals surface area contributed by atoms with Gasteiger partial charge in [-0.25, -0.2) is 4.98 Å². The zero-order valence-electron chi connectivity index (χ0n) is 19.8. The van der Waals surface area contributed by atoms with Gasteiger partial charge in [-0.3, -0.25) is 19.5 Å². The zero-order valence-corrected chi connectivity index (χ0v) is 19.8. The van der Waals surface area contributed by atoms with E-state index in [9.17, 15) is 22.8 Å². The van der Waals surface area contributed by atoms with Gasteiger partial charge < -0.3 is 20.1 Å². The lowest BCUT2D eigenvalue weighted by Gasteiger charge is -2.26. The first-order chi connectivity index (χ1) is 17.7. The van der Waals surface area contributed by atoms with Crippen LogP contribution >= 0.6 is 0 Å². The summed E-state index contributed by atoms with van der Waals surface area (Å²) < 4.78 is 48.0. The van der Waals surface area contributed by atoms with Gasteiger partial charge in [0.05, 0.1) is 43.5 Å². The number of alkyl halides is 3. The van der Waals surface area contributed by atoms with Crippen molar-refractivity contribution in [2.24, 2.45) is 0 Å². The van der Waals surface area contributed by atoms with Gasteiger partial charge in [-0.05, 0) is 30.7 Å². The highest BCUT2D eigenvalue weighted by Gasteiger charge is 2.32. The van der Waals surface area contributed by atoms with Crippen LogP contribution in [0.3, 0.4) is 0 Å². The Bertz CT molecular complexity index is 1260. The topological polar surface area (TPSA) is 106 Å². The molecule has 0 unspecified atom stereocenters. The van der Waals surface area contributed by atoms with E-state index in [1.54, 1.807) is 4.90 Å². The summed E-state index contributed by atoms with van der Waals surface area (Å²) in [5.41, 5.74) is 2.23. The number of morpholine rings is 1. The Kier molecular flexibility index (Phi) is 7.99. The number of carbonyl (C=O) groups excluding carboxylic acids is 2. The van der Waals surface area contributed by atoms with Crippen LogP contribution in [-0.2, 0) is 9.53 Å². The van der Waals surface area contributed by atoms with Crippen LogP contribution in [0.5, 0.6) is 5.75 Å². The molecular weight excluding hydrogens is 491 g/mol. The standard InChI is InChI=1S/C25H24F3N5O4/c1-16-4-2-3-5-18(16)20-13-30-22(14-29-20)32-24(35)17-6-7-21(37-25(26,27)28)19(12-17)31-23(34)15-33-8-10-36-11-9-33/h2-7,12-14H,8-11,15H2,1H3,(H,31,34)(H,30,32,35). The Morgan fingerprint density at radius 1 is 1.05 bits per heavy atom. The minimum Gasteiger partial charge on any atom is -0.404 e. The normalized spacial score (nSPS) is 14.2. The number of anilines is 2. The fourth-order valence-corrected chi connectivity index (χ4v) is 3.72. The number of rotatable bonds is 7. The number of aryl methyl sites for hydroxylation is 1. The van der Waals surface area contributed by atoms with Crippen LogP contribution in [0, 0.1) is 6.92 Å². The third kappa shape index (κ3) is 7.24. The minimum absolute atomic E-state index is 0.0130. The van der Waals surface area contributed by atoms with Crippen molar-refractivity contribution < 1.29 is 32.2 Å². The lowest BCUT2D eigenvalue weighted by molar-refractivity contribution is -0.274. The van der Waals surface area contributed by atoms with Gasteiger partial charge in [0.2, 0.25) is 5.91 Å². The summed E-state index contributed by atoms with van der Waals surface area (Å²) in [6.07, 6.45) is -2.09. The maximum absolute atomic E-state index is 12.9. The van der Waals surface area contributed by atoms with Crippen molar-refractivity contribution in [3.8, 4) is 17.0 Å². The van der Waals surface area contributed by atoms with Gasteiger partial charge in [0.25, 0.3) is 5.91 Å². The molecule has 0 spiro atoms. The van der Waals surface area contributed by atoms with Crippen molar-refractivity contribution in [3.05, 3.63) is 66.0 Å². The van der Waals surface area contributed by atoms with E-state index in [1.807, 2.05) is 31.2 Å². The molecule has 1 aliphatic heterocycles. The van der Waals surface area contributed by atoms with E-state index < -0.39 is 23.9 Å². The van der Waals surface area contributed by atoms with E-state index in [1.165, 1.54) is 12.4 Å². The average Bonchev–Trinajstić information content (AvgIpc) is 2.86. The highest BCUT2D eigenvalue weighted by atomic mass is 19.4. The summed E-state index contributed by atoms with van der Waals surface area (Å²) >= 11 is 0. The monoisotopic (exact) mass is 515 g/mol.